The maximum atomic E-state index is 12.5. The molecule has 0 aromatic heterocycles. The van der Waals surface area contributed by atoms with Crippen molar-refractivity contribution in [2.24, 2.45) is 11.8 Å². The predicted octanol–water partition coefficient (Wildman–Crippen LogP) is 4.17. The Labute approximate surface area is 126 Å². The molecule has 0 radical (unpaired) electrons. The monoisotopic (exact) mass is 314 g/mol. The number of rotatable bonds is 4. The Morgan fingerprint density at radius 1 is 1.09 bits per heavy atom. The highest BCUT2D eigenvalue weighted by Crippen LogP contribution is 2.34. The Morgan fingerprint density at radius 3 is 2.23 bits per heavy atom. The average molecular weight is 314 g/mol. The normalized spacial score (nSPS) is 22.3. The zero-order valence-electron chi connectivity index (χ0n) is 11.9. The van der Waals surface area contributed by atoms with Gasteiger partial charge in [0.2, 0.25) is 0 Å². The fourth-order valence-electron chi connectivity index (χ4n) is 2.98. The number of hydrogen-bond donors (Lipinski definition) is 1. The summed E-state index contributed by atoms with van der Waals surface area (Å²) in [6.07, 6.45) is -1.41. The van der Waals surface area contributed by atoms with E-state index in [9.17, 15) is 27.9 Å². The molecule has 120 valence electrons. The van der Waals surface area contributed by atoms with E-state index in [-0.39, 0.29) is 23.7 Å². The van der Waals surface area contributed by atoms with Crippen LogP contribution in [0.3, 0.4) is 0 Å². The van der Waals surface area contributed by atoms with E-state index in [1.54, 1.807) is 0 Å². The molecule has 1 fully saturated rings. The van der Waals surface area contributed by atoms with Crippen LogP contribution in [0.4, 0.5) is 13.2 Å². The van der Waals surface area contributed by atoms with Crippen LogP contribution in [0.25, 0.3) is 0 Å². The minimum absolute atomic E-state index is 0.0718. The molecular formula is C16H17F3O3. The molecular weight excluding hydrogens is 297 g/mol. The summed E-state index contributed by atoms with van der Waals surface area (Å²) in [6, 6.07) is 4.07. The number of carbonyl (C=O) groups is 2. The topological polar surface area (TPSA) is 54.4 Å². The van der Waals surface area contributed by atoms with Gasteiger partial charge in [-0.1, -0.05) is 25.0 Å². The number of alkyl halides is 3. The standard InChI is InChI=1S/C16H17F3O3/c17-16(18,19)12-7-5-10(6-8-12)14(20)9-11-3-1-2-4-13(11)15(21)22/h5-8,11,13H,1-4,9H2,(H,21,22)/t11-,13+/m1/s1. The lowest BCUT2D eigenvalue weighted by Crippen LogP contribution is -2.28. The van der Waals surface area contributed by atoms with E-state index in [0.717, 1.165) is 37.1 Å². The van der Waals surface area contributed by atoms with Crippen LogP contribution in [0.15, 0.2) is 24.3 Å². The first-order valence-corrected chi connectivity index (χ1v) is 7.22. The van der Waals surface area contributed by atoms with Gasteiger partial charge in [0, 0.05) is 12.0 Å². The van der Waals surface area contributed by atoms with E-state index in [1.165, 1.54) is 0 Å². The van der Waals surface area contributed by atoms with E-state index in [2.05, 4.69) is 0 Å². The van der Waals surface area contributed by atoms with E-state index in [1.807, 2.05) is 0 Å². The summed E-state index contributed by atoms with van der Waals surface area (Å²) in [5.41, 5.74) is -0.604. The molecule has 3 nitrogen and oxygen atoms in total. The van der Waals surface area contributed by atoms with E-state index >= 15 is 0 Å². The number of aliphatic carboxylic acids is 1. The molecule has 1 aliphatic carbocycles. The van der Waals surface area contributed by atoms with Gasteiger partial charge in [-0.2, -0.15) is 13.2 Å². The van der Waals surface area contributed by atoms with Gasteiger partial charge < -0.3 is 5.11 Å². The molecule has 0 amide bonds. The minimum Gasteiger partial charge on any atom is -0.481 e. The summed E-state index contributed by atoms with van der Waals surface area (Å²) in [7, 11) is 0. The third-order valence-electron chi connectivity index (χ3n) is 4.21. The summed E-state index contributed by atoms with van der Waals surface area (Å²) >= 11 is 0. The molecule has 0 heterocycles. The van der Waals surface area contributed by atoms with Gasteiger partial charge in [0.25, 0.3) is 0 Å². The quantitative estimate of drug-likeness (QED) is 0.849. The summed E-state index contributed by atoms with van der Waals surface area (Å²) < 4.78 is 37.4. The van der Waals surface area contributed by atoms with Gasteiger partial charge in [0.1, 0.15) is 0 Å². The zero-order chi connectivity index (χ0) is 16.3. The molecule has 1 aliphatic rings. The van der Waals surface area contributed by atoms with Gasteiger partial charge >= 0.3 is 12.1 Å². The molecule has 22 heavy (non-hydrogen) atoms. The van der Waals surface area contributed by atoms with Crippen molar-refractivity contribution in [3.63, 3.8) is 0 Å². The van der Waals surface area contributed by atoms with E-state index in [4.69, 9.17) is 0 Å². The van der Waals surface area contributed by atoms with Gasteiger partial charge in [-0.3, -0.25) is 9.59 Å². The molecule has 1 aromatic rings. The van der Waals surface area contributed by atoms with Crippen molar-refractivity contribution in [1.82, 2.24) is 0 Å². The molecule has 0 bridgehead atoms. The number of carboxylic acids is 1. The van der Waals surface area contributed by atoms with Crippen molar-refractivity contribution in [2.45, 2.75) is 38.3 Å². The lowest BCUT2D eigenvalue weighted by atomic mass is 9.76. The van der Waals surface area contributed by atoms with Crippen LogP contribution in [-0.2, 0) is 11.0 Å². The maximum absolute atomic E-state index is 12.5. The van der Waals surface area contributed by atoms with Crippen LogP contribution < -0.4 is 0 Å². The van der Waals surface area contributed by atoms with Crippen LogP contribution in [-0.4, -0.2) is 16.9 Å². The zero-order valence-corrected chi connectivity index (χ0v) is 11.9. The molecule has 1 saturated carbocycles. The van der Waals surface area contributed by atoms with Crippen LogP contribution in [0.2, 0.25) is 0 Å². The Hall–Kier alpha value is -1.85. The Kier molecular flexibility index (Phi) is 4.88. The lowest BCUT2D eigenvalue weighted by Gasteiger charge is -2.27. The Bertz CT molecular complexity index is 549. The van der Waals surface area contributed by atoms with Crippen LogP contribution in [0.1, 0.15) is 48.0 Å². The molecule has 1 aromatic carbocycles. The first kappa shape index (κ1) is 16.5. The molecule has 0 saturated heterocycles. The largest absolute Gasteiger partial charge is 0.481 e. The fraction of sp³-hybridized carbons (Fsp3) is 0.500. The van der Waals surface area contributed by atoms with E-state index in [0.29, 0.717) is 12.8 Å². The van der Waals surface area contributed by atoms with Gasteiger partial charge in [-0.15, -0.1) is 0 Å². The highest BCUT2D eigenvalue weighted by atomic mass is 19.4. The van der Waals surface area contributed by atoms with Gasteiger partial charge in [0.05, 0.1) is 11.5 Å². The highest BCUT2D eigenvalue weighted by Gasteiger charge is 2.33. The lowest BCUT2D eigenvalue weighted by molar-refractivity contribution is -0.144. The van der Waals surface area contributed by atoms with Gasteiger partial charge in [-0.25, -0.2) is 0 Å². The van der Waals surface area contributed by atoms with Crippen LogP contribution in [0, 0.1) is 11.8 Å². The molecule has 0 aliphatic heterocycles. The summed E-state index contributed by atoms with van der Waals surface area (Å²) in [5.74, 6) is -1.97. The molecule has 1 N–H and O–H groups in total. The SMILES string of the molecule is O=C(C[C@H]1CCCC[C@@H]1C(=O)O)c1ccc(C(F)(F)F)cc1. The van der Waals surface area contributed by atoms with Crippen LogP contribution >= 0.6 is 0 Å². The fourth-order valence-corrected chi connectivity index (χ4v) is 2.98. The second-order valence-electron chi connectivity index (χ2n) is 5.69. The minimum atomic E-state index is -4.43. The second kappa shape index (κ2) is 6.50. The van der Waals surface area contributed by atoms with Crippen molar-refractivity contribution >= 4 is 11.8 Å². The molecule has 6 heteroatoms. The van der Waals surface area contributed by atoms with E-state index < -0.39 is 23.6 Å². The number of halogens is 3. The highest BCUT2D eigenvalue weighted by molar-refractivity contribution is 5.96. The third-order valence-corrected chi connectivity index (χ3v) is 4.21. The third kappa shape index (κ3) is 3.87. The molecule has 2 rings (SSSR count). The molecule has 0 spiro atoms. The van der Waals surface area contributed by atoms with Crippen molar-refractivity contribution in [2.75, 3.05) is 0 Å². The van der Waals surface area contributed by atoms with Crippen LogP contribution in [0.5, 0.6) is 0 Å². The first-order chi connectivity index (χ1) is 10.3. The molecule has 2 atom stereocenters. The number of carbonyl (C=O) groups excluding carboxylic acids is 1. The maximum Gasteiger partial charge on any atom is 0.416 e. The number of hydrogen-bond acceptors (Lipinski definition) is 2. The Balaban J connectivity index is 2.06. The summed E-state index contributed by atoms with van der Waals surface area (Å²) in [4.78, 5) is 23.4. The Morgan fingerprint density at radius 2 is 1.68 bits per heavy atom. The summed E-state index contributed by atoms with van der Waals surface area (Å²) in [6.45, 7) is 0. The van der Waals surface area contributed by atoms with Gasteiger partial charge in [-0.05, 0) is 30.9 Å². The first-order valence-electron chi connectivity index (χ1n) is 7.22. The number of ketones is 1. The smallest absolute Gasteiger partial charge is 0.416 e. The van der Waals surface area contributed by atoms with Crippen molar-refractivity contribution in [3.8, 4) is 0 Å². The van der Waals surface area contributed by atoms with Crippen molar-refractivity contribution < 1.29 is 27.9 Å². The number of Topliss-reactive ketones (excluding diaryl/α,β-unsaturated/α-hetero) is 1. The van der Waals surface area contributed by atoms with Crippen molar-refractivity contribution in [1.29, 1.82) is 0 Å². The predicted molar refractivity (Wildman–Crippen MR) is 73.5 cm³/mol. The average Bonchev–Trinajstić information content (AvgIpc) is 2.46. The molecule has 0 unspecified atom stereocenters. The van der Waals surface area contributed by atoms with Gasteiger partial charge in [0.15, 0.2) is 5.78 Å². The number of carboxylic acid groups (broad SMARTS) is 1. The number of benzene rings is 1. The van der Waals surface area contributed by atoms with Crippen molar-refractivity contribution in [3.05, 3.63) is 35.4 Å². The second-order valence-corrected chi connectivity index (χ2v) is 5.69. The summed E-state index contributed by atoms with van der Waals surface area (Å²) in [5, 5.41) is 9.18.